The highest BCUT2D eigenvalue weighted by atomic mass is 16.6. The molecular formula is C10H16O3. The maximum Gasteiger partial charge on any atom is 0.293 e. The van der Waals surface area contributed by atoms with Gasteiger partial charge in [-0.3, -0.25) is 4.79 Å². The highest BCUT2D eigenvalue weighted by molar-refractivity contribution is 5.37. The fourth-order valence-electron chi connectivity index (χ4n) is 1.49. The van der Waals surface area contributed by atoms with Crippen LogP contribution in [0.15, 0.2) is 12.7 Å². The third-order valence-corrected chi connectivity index (χ3v) is 2.20. The van der Waals surface area contributed by atoms with Crippen molar-refractivity contribution in [2.24, 2.45) is 0 Å². The van der Waals surface area contributed by atoms with E-state index in [1.54, 1.807) is 0 Å². The van der Waals surface area contributed by atoms with E-state index in [-0.39, 0.29) is 0 Å². The van der Waals surface area contributed by atoms with Crippen LogP contribution in [-0.2, 0) is 14.3 Å². The second-order valence-corrected chi connectivity index (χ2v) is 3.22. The summed E-state index contributed by atoms with van der Waals surface area (Å²) in [5, 5.41) is 0. The first kappa shape index (κ1) is 10.3. The van der Waals surface area contributed by atoms with Gasteiger partial charge in [0.15, 0.2) is 0 Å². The highest BCUT2D eigenvalue weighted by Gasteiger charge is 2.39. The van der Waals surface area contributed by atoms with Gasteiger partial charge in [-0.1, -0.05) is 25.5 Å². The number of fused-ring (bicyclic) bond motifs is 1. The highest BCUT2D eigenvalue weighted by Crippen LogP contribution is 2.35. The van der Waals surface area contributed by atoms with Gasteiger partial charge in [0.1, 0.15) is 6.61 Å². The zero-order chi connectivity index (χ0) is 9.52. The molecule has 0 aromatic heterocycles. The minimum atomic E-state index is 0.309. The smallest absolute Gasteiger partial charge is 0.293 e. The van der Waals surface area contributed by atoms with Gasteiger partial charge in [0.25, 0.3) is 6.47 Å². The van der Waals surface area contributed by atoms with E-state index in [2.05, 4.69) is 11.3 Å². The van der Waals surface area contributed by atoms with Gasteiger partial charge in [-0.15, -0.1) is 0 Å². The average molecular weight is 184 g/mol. The minimum Gasteiger partial charge on any atom is -0.464 e. The van der Waals surface area contributed by atoms with E-state index in [0.29, 0.717) is 25.3 Å². The number of epoxide rings is 1. The molecule has 0 bridgehead atoms. The molecule has 2 atom stereocenters. The third kappa shape index (κ3) is 4.08. The number of hydrogen-bond acceptors (Lipinski definition) is 3. The molecule has 0 spiro atoms. The van der Waals surface area contributed by atoms with Gasteiger partial charge >= 0.3 is 0 Å². The van der Waals surface area contributed by atoms with Crippen molar-refractivity contribution in [3.05, 3.63) is 12.7 Å². The Balaban J connectivity index is 0.000000133. The third-order valence-electron chi connectivity index (χ3n) is 2.20. The molecule has 0 aromatic rings. The molecule has 0 radical (unpaired) electrons. The summed E-state index contributed by atoms with van der Waals surface area (Å²) in [7, 11) is 0. The van der Waals surface area contributed by atoms with Gasteiger partial charge in [0, 0.05) is 0 Å². The lowest BCUT2D eigenvalue weighted by Gasteiger charge is -2.00. The molecule has 1 aliphatic carbocycles. The van der Waals surface area contributed by atoms with Gasteiger partial charge in [-0.25, -0.2) is 0 Å². The van der Waals surface area contributed by atoms with E-state index < -0.39 is 0 Å². The molecule has 1 saturated carbocycles. The summed E-state index contributed by atoms with van der Waals surface area (Å²) >= 11 is 0. The van der Waals surface area contributed by atoms with Crippen molar-refractivity contribution >= 4 is 6.47 Å². The second kappa shape index (κ2) is 5.75. The molecule has 2 rings (SSSR count). The van der Waals surface area contributed by atoms with Crippen molar-refractivity contribution in [3.63, 3.8) is 0 Å². The molecule has 2 unspecified atom stereocenters. The lowest BCUT2D eigenvalue weighted by atomic mass is 10.0. The van der Waals surface area contributed by atoms with Gasteiger partial charge in [-0.05, 0) is 12.8 Å². The zero-order valence-electron chi connectivity index (χ0n) is 7.78. The average Bonchev–Trinajstić information content (AvgIpc) is 2.94. The number of carbonyl (C=O) groups excluding carboxylic acids is 1. The van der Waals surface area contributed by atoms with Crippen molar-refractivity contribution < 1.29 is 14.3 Å². The lowest BCUT2D eigenvalue weighted by molar-refractivity contribution is -0.127. The van der Waals surface area contributed by atoms with E-state index in [0.717, 1.165) is 0 Å². The molecule has 1 aliphatic heterocycles. The number of hydrogen-bond donors (Lipinski definition) is 0. The predicted molar refractivity (Wildman–Crippen MR) is 49.3 cm³/mol. The molecule has 2 fully saturated rings. The first-order chi connectivity index (χ1) is 6.38. The summed E-state index contributed by atoms with van der Waals surface area (Å²) < 4.78 is 9.46. The number of rotatable bonds is 3. The maximum absolute atomic E-state index is 9.29. The monoisotopic (exact) mass is 184 g/mol. The van der Waals surface area contributed by atoms with Crippen molar-refractivity contribution in [1.29, 1.82) is 0 Å². The Kier molecular flexibility index (Phi) is 4.54. The Morgan fingerprint density at radius 1 is 1.38 bits per heavy atom. The molecule has 13 heavy (non-hydrogen) atoms. The van der Waals surface area contributed by atoms with Crippen LogP contribution in [0.3, 0.4) is 0 Å². The fourth-order valence-corrected chi connectivity index (χ4v) is 1.49. The Morgan fingerprint density at radius 3 is 2.31 bits per heavy atom. The van der Waals surface area contributed by atoms with E-state index in [1.807, 2.05) is 0 Å². The summed E-state index contributed by atoms with van der Waals surface area (Å²) in [5.74, 6) is 0. The number of carbonyl (C=O) groups is 1. The van der Waals surface area contributed by atoms with Gasteiger partial charge in [0.05, 0.1) is 12.2 Å². The lowest BCUT2D eigenvalue weighted by Crippen LogP contribution is -2.00. The standard InChI is InChI=1S/C6H10O.C4H6O2/c1-2-4-6-5(3-1)7-6;1-2-3-6-4-5/h5-6H,1-4H2;2,4H,1,3H2. The normalized spacial score (nSPS) is 28.9. The molecule has 0 N–H and O–H groups in total. The molecule has 1 saturated heterocycles. The molecule has 3 nitrogen and oxygen atoms in total. The molecule has 2 aliphatic rings. The summed E-state index contributed by atoms with van der Waals surface area (Å²) in [5.41, 5.74) is 0. The SMILES string of the molecule is C1CCC2OC2C1.C=CCOC=O. The Bertz CT molecular complexity index is 150. The van der Waals surface area contributed by atoms with Crippen molar-refractivity contribution in [2.45, 2.75) is 37.9 Å². The van der Waals surface area contributed by atoms with E-state index in [4.69, 9.17) is 4.74 Å². The largest absolute Gasteiger partial charge is 0.464 e. The first-order valence-corrected chi connectivity index (χ1v) is 4.70. The van der Waals surface area contributed by atoms with Gasteiger partial charge in [-0.2, -0.15) is 0 Å². The van der Waals surface area contributed by atoms with Crippen LogP contribution in [0.5, 0.6) is 0 Å². The Labute approximate surface area is 78.7 Å². The van der Waals surface area contributed by atoms with Crippen LogP contribution in [0.4, 0.5) is 0 Å². The van der Waals surface area contributed by atoms with Crippen LogP contribution in [0.25, 0.3) is 0 Å². The fraction of sp³-hybridized carbons (Fsp3) is 0.700. The van der Waals surface area contributed by atoms with E-state index in [1.165, 1.54) is 31.8 Å². The Morgan fingerprint density at radius 2 is 2.00 bits per heavy atom. The van der Waals surface area contributed by atoms with E-state index in [9.17, 15) is 4.79 Å². The molecule has 1 heterocycles. The van der Waals surface area contributed by atoms with Crippen LogP contribution >= 0.6 is 0 Å². The van der Waals surface area contributed by atoms with Gasteiger partial charge < -0.3 is 9.47 Å². The quantitative estimate of drug-likeness (QED) is 0.290. The van der Waals surface area contributed by atoms with Crippen LogP contribution in [0, 0.1) is 0 Å². The maximum atomic E-state index is 9.29. The Hall–Kier alpha value is -0.830. The second-order valence-electron chi connectivity index (χ2n) is 3.22. The van der Waals surface area contributed by atoms with Gasteiger partial charge in [0.2, 0.25) is 0 Å². The first-order valence-electron chi connectivity index (χ1n) is 4.70. The van der Waals surface area contributed by atoms with Crippen LogP contribution in [-0.4, -0.2) is 25.3 Å². The summed E-state index contributed by atoms with van der Waals surface area (Å²) in [6, 6.07) is 0. The van der Waals surface area contributed by atoms with Crippen LogP contribution < -0.4 is 0 Å². The molecule has 0 amide bonds. The van der Waals surface area contributed by atoms with Crippen molar-refractivity contribution in [2.75, 3.05) is 6.61 Å². The van der Waals surface area contributed by atoms with E-state index >= 15 is 0 Å². The number of ether oxygens (including phenoxy) is 2. The summed E-state index contributed by atoms with van der Waals surface area (Å²) in [6.07, 6.45) is 8.40. The summed E-state index contributed by atoms with van der Waals surface area (Å²) in [4.78, 5) is 9.29. The molecule has 3 heteroatoms. The van der Waals surface area contributed by atoms with Crippen LogP contribution in [0.2, 0.25) is 0 Å². The summed E-state index contributed by atoms with van der Waals surface area (Å²) in [6.45, 7) is 4.01. The predicted octanol–water partition coefficient (Wildman–Crippen LogP) is 1.67. The minimum absolute atomic E-state index is 0.309. The molecule has 74 valence electrons. The van der Waals surface area contributed by atoms with Crippen molar-refractivity contribution in [1.82, 2.24) is 0 Å². The van der Waals surface area contributed by atoms with Crippen molar-refractivity contribution in [3.8, 4) is 0 Å². The molecular weight excluding hydrogens is 168 g/mol. The molecule has 0 aromatic carbocycles. The topological polar surface area (TPSA) is 38.8 Å². The zero-order valence-corrected chi connectivity index (χ0v) is 7.78. The van der Waals surface area contributed by atoms with Crippen LogP contribution in [0.1, 0.15) is 25.7 Å².